The third kappa shape index (κ3) is 4.86. The summed E-state index contributed by atoms with van der Waals surface area (Å²) in [7, 11) is 0. The minimum absolute atomic E-state index is 0.157. The largest absolute Gasteiger partial charge is 0.416 e. The lowest BCUT2D eigenvalue weighted by atomic mass is 10.1. The van der Waals surface area contributed by atoms with Gasteiger partial charge in [-0.1, -0.05) is 30.8 Å². The van der Waals surface area contributed by atoms with Crippen molar-refractivity contribution in [2.45, 2.75) is 25.8 Å². The van der Waals surface area contributed by atoms with Crippen molar-refractivity contribution >= 4 is 5.69 Å². The van der Waals surface area contributed by atoms with Gasteiger partial charge >= 0.3 is 6.18 Å². The molecule has 0 heterocycles. The summed E-state index contributed by atoms with van der Waals surface area (Å²) in [5.41, 5.74) is 1.97. The van der Waals surface area contributed by atoms with Crippen LogP contribution in [0.5, 0.6) is 0 Å². The maximum atomic E-state index is 12.5. The summed E-state index contributed by atoms with van der Waals surface area (Å²) in [6.07, 6.45) is -2.87. The number of hydrogen-bond acceptors (Lipinski definition) is 2. The van der Waals surface area contributed by atoms with Crippen molar-refractivity contribution in [1.29, 1.82) is 0 Å². The van der Waals surface area contributed by atoms with Gasteiger partial charge in [-0.2, -0.15) is 13.2 Å². The van der Waals surface area contributed by atoms with Crippen molar-refractivity contribution in [3.05, 3.63) is 78.0 Å². The summed E-state index contributed by atoms with van der Waals surface area (Å²) in [6.45, 7) is 5.75. The number of anilines is 1. The van der Waals surface area contributed by atoms with Gasteiger partial charge in [0.05, 0.1) is 18.3 Å². The second kappa shape index (κ2) is 7.33. The molecular weight excluding hydrogens is 303 g/mol. The molecule has 0 saturated heterocycles. The summed E-state index contributed by atoms with van der Waals surface area (Å²) < 4.78 is 43.2. The molecule has 5 heteroatoms. The molecule has 0 aliphatic carbocycles. The average Bonchev–Trinajstić information content (AvgIpc) is 2.53. The van der Waals surface area contributed by atoms with Gasteiger partial charge < -0.3 is 10.1 Å². The Bertz CT molecular complexity index is 633. The Morgan fingerprint density at radius 1 is 1.09 bits per heavy atom. The van der Waals surface area contributed by atoms with Crippen LogP contribution in [0.15, 0.2) is 61.3 Å². The van der Waals surface area contributed by atoms with Crippen LogP contribution in [0.1, 0.15) is 29.7 Å². The SMILES string of the molecule is C=CNc1ccc(C(C)OCc2ccc(C(F)(F)F)cc2)cc1. The van der Waals surface area contributed by atoms with E-state index in [4.69, 9.17) is 4.74 Å². The molecule has 0 aromatic heterocycles. The molecule has 2 nitrogen and oxygen atoms in total. The van der Waals surface area contributed by atoms with Crippen molar-refractivity contribution in [2.24, 2.45) is 0 Å². The number of alkyl halides is 3. The van der Waals surface area contributed by atoms with E-state index >= 15 is 0 Å². The molecule has 1 atom stereocenters. The minimum atomic E-state index is -4.31. The zero-order valence-corrected chi connectivity index (χ0v) is 12.7. The first-order valence-electron chi connectivity index (χ1n) is 7.15. The smallest absolute Gasteiger partial charge is 0.369 e. The first kappa shape index (κ1) is 17.1. The van der Waals surface area contributed by atoms with E-state index in [-0.39, 0.29) is 12.7 Å². The van der Waals surface area contributed by atoms with E-state index in [0.717, 1.165) is 23.4 Å². The second-order valence-corrected chi connectivity index (χ2v) is 5.12. The second-order valence-electron chi connectivity index (χ2n) is 5.12. The van der Waals surface area contributed by atoms with Gasteiger partial charge in [-0.3, -0.25) is 0 Å². The van der Waals surface area contributed by atoms with Crippen LogP contribution in [0.3, 0.4) is 0 Å². The monoisotopic (exact) mass is 321 g/mol. The number of nitrogens with one attached hydrogen (secondary N) is 1. The third-order valence-electron chi connectivity index (χ3n) is 3.43. The molecule has 2 rings (SSSR count). The lowest BCUT2D eigenvalue weighted by Gasteiger charge is -2.14. The number of hydrogen-bond donors (Lipinski definition) is 1. The predicted molar refractivity (Wildman–Crippen MR) is 84.9 cm³/mol. The number of rotatable bonds is 6. The lowest BCUT2D eigenvalue weighted by molar-refractivity contribution is -0.137. The van der Waals surface area contributed by atoms with E-state index in [1.807, 2.05) is 31.2 Å². The topological polar surface area (TPSA) is 21.3 Å². The lowest BCUT2D eigenvalue weighted by Crippen LogP contribution is -2.05. The molecule has 0 bridgehead atoms. The normalized spacial score (nSPS) is 12.7. The van der Waals surface area contributed by atoms with Gasteiger partial charge in [0.2, 0.25) is 0 Å². The minimum Gasteiger partial charge on any atom is -0.369 e. The molecule has 0 spiro atoms. The van der Waals surface area contributed by atoms with E-state index in [1.54, 1.807) is 6.20 Å². The molecule has 1 unspecified atom stereocenters. The Hall–Kier alpha value is -2.27. The molecule has 122 valence electrons. The van der Waals surface area contributed by atoms with Crippen LogP contribution in [-0.2, 0) is 17.5 Å². The van der Waals surface area contributed by atoms with Crippen LogP contribution in [0.2, 0.25) is 0 Å². The van der Waals surface area contributed by atoms with Gasteiger partial charge in [0, 0.05) is 5.69 Å². The van der Waals surface area contributed by atoms with Crippen molar-refractivity contribution in [3.63, 3.8) is 0 Å². The van der Waals surface area contributed by atoms with E-state index < -0.39 is 11.7 Å². The number of ether oxygens (including phenoxy) is 1. The van der Waals surface area contributed by atoms with Crippen LogP contribution in [0.25, 0.3) is 0 Å². The molecule has 0 aliphatic heterocycles. The van der Waals surface area contributed by atoms with E-state index in [0.29, 0.717) is 5.56 Å². The van der Waals surface area contributed by atoms with Gasteiger partial charge in [0.1, 0.15) is 0 Å². The Morgan fingerprint density at radius 3 is 2.22 bits per heavy atom. The highest BCUT2D eigenvalue weighted by Gasteiger charge is 2.29. The zero-order chi connectivity index (χ0) is 16.9. The molecule has 1 N–H and O–H groups in total. The van der Waals surface area contributed by atoms with Crippen molar-refractivity contribution in [1.82, 2.24) is 0 Å². The first-order valence-corrected chi connectivity index (χ1v) is 7.15. The molecule has 23 heavy (non-hydrogen) atoms. The maximum absolute atomic E-state index is 12.5. The zero-order valence-electron chi connectivity index (χ0n) is 12.7. The van der Waals surface area contributed by atoms with E-state index in [9.17, 15) is 13.2 Å². The molecule has 0 radical (unpaired) electrons. The van der Waals surface area contributed by atoms with E-state index in [1.165, 1.54) is 12.1 Å². The molecule has 0 saturated carbocycles. The predicted octanol–water partition coefficient (Wildman–Crippen LogP) is 5.54. The van der Waals surface area contributed by atoms with Gasteiger partial charge in [0.15, 0.2) is 0 Å². The van der Waals surface area contributed by atoms with Crippen LogP contribution in [0.4, 0.5) is 18.9 Å². The Balaban J connectivity index is 1.93. The first-order chi connectivity index (χ1) is 10.9. The van der Waals surface area contributed by atoms with Crippen molar-refractivity contribution in [3.8, 4) is 0 Å². The summed E-state index contributed by atoms with van der Waals surface area (Å²) in [5.74, 6) is 0. The summed E-state index contributed by atoms with van der Waals surface area (Å²) in [6, 6.07) is 12.7. The summed E-state index contributed by atoms with van der Waals surface area (Å²) in [5, 5.41) is 2.98. The summed E-state index contributed by atoms with van der Waals surface area (Å²) >= 11 is 0. The van der Waals surface area contributed by atoms with E-state index in [2.05, 4.69) is 11.9 Å². The molecule has 0 amide bonds. The fourth-order valence-corrected chi connectivity index (χ4v) is 2.08. The Kier molecular flexibility index (Phi) is 5.45. The Labute approximate surface area is 133 Å². The maximum Gasteiger partial charge on any atom is 0.416 e. The highest BCUT2D eigenvalue weighted by molar-refractivity contribution is 5.46. The average molecular weight is 321 g/mol. The fraction of sp³-hybridized carbons (Fsp3) is 0.222. The molecule has 2 aromatic rings. The van der Waals surface area contributed by atoms with Crippen LogP contribution in [-0.4, -0.2) is 0 Å². The quantitative estimate of drug-likeness (QED) is 0.754. The molecule has 0 aliphatic rings. The van der Waals surface area contributed by atoms with Crippen molar-refractivity contribution < 1.29 is 17.9 Å². The van der Waals surface area contributed by atoms with Crippen molar-refractivity contribution in [2.75, 3.05) is 5.32 Å². The molecular formula is C18H18F3NO. The Morgan fingerprint density at radius 2 is 1.70 bits per heavy atom. The molecule has 2 aromatic carbocycles. The van der Waals surface area contributed by atoms with Gasteiger partial charge in [0.25, 0.3) is 0 Å². The highest BCUT2D eigenvalue weighted by atomic mass is 19.4. The van der Waals surface area contributed by atoms with Gasteiger partial charge in [-0.25, -0.2) is 0 Å². The summed E-state index contributed by atoms with van der Waals surface area (Å²) in [4.78, 5) is 0. The van der Waals surface area contributed by atoms with Crippen LogP contribution >= 0.6 is 0 Å². The number of halogens is 3. The standard InChI is InChI=1S/C18H18F3NO/c1-3-22-17-10-6-15(7-11-17)13(2)23-12-14-4-8-16(9-5-14)18(19,20)21/h3-11,13,22H,1,12H2,2H3. The number of benzene rings is 2. The molecule has 0 fully saturated rings. The fourth-order valence-electron chi connectivity index (χ4n) is 2.08. The van der Waals surface area contributed by atoms with Gasteiger partial charge in [-0.05, 0) is 48.5 Å². The highest BCUT2D eigenvalue weighted by Crippen LogP contribution is 2.29. The van der Waals surface area contributed by atoms with Gasteiger partial charge in [-0.15, -0.1) is 0 Å². The third-order valence-corrected chi connectivity index (χ3v) is 3.43. The van der Waals surface area contributed by atoms with Crippen LogP contribution < -0.4 is 5.32 Å². The van der Waals surface area contributed by atoms with Crippen LogP contribution in [0, 0.1) is 0 Å².